The number of halogens is 2. The lowest BCUT2D eigenvalue weighted by Crippen LogP contribution is -2.53. The third kappa shape index (κ3) is 1.82. The fourth-order valence-electron chi connectivity index (χ4n) is 4.19. The molecule has 1 amide bonds. The predicted molar refractivity (Wildman–Crippen MR) is 95.5 cm³/mol. The monoisotopic (exact) mass is 355 g/mol. The Morgan fingerprint density at radius 3 is 2.92 bits per heavy atom. The zero-order chi connectivity index (χ0) is 17.3. The van der Waals surface area contributed by atoms with Crippen LogP contribution in [0, 0.1) is 5.82 Å². The van der Waals surface area contributed by atoms with Gasteiger partial charge < -0.3 is 10.3 Å². The number of carbonyl (C=O) groups is 1. The van der Waals surface area contributed by atoms with Crippen molar-refractivity contribution in [2.45, 2.75) is 18.4 Å². The summed E-state index contributed by atoms with van der Waals surface area (Å²) in [5.74, 6) is -0.287. The number of hydrogen-bond acceptors (Lipinski definition) is 2. The second-order valence-corrected chi connectivity index (χ2v) is 7.22. The average Bonchev–Trinajstić information content (AvgIpc) is 3.08. The summed E-state index contributed by atoms with van der Waals surface area (Å²) in [7, 11) is 0. The quantitative estimate of drug-likeness (QED) is 0.573. The zero-order valence-corrected chi connectivity index (χ0v) is 14.2. The molecular weight excluding hydrogens is 341 g/mol. The Balaban J connectivity index is 1.88. The number of aromatic nitrogens is 1. The largest absolute Gasteiger partial charge is 0.356 e. The smallest absolute Gasteiger partial charge is 0.255 e. The molecule has 3 aromatic rings. The van der Waals surface area contributed by atoms with E-state index in [1.54, 1.807) is 12.1 Å². The minimum Gasteiger partial charge on any atom is -0.356 e. The van der Waals surface area contributed by atoms with E-state index in [0.717, 1.165) is 33.4 Å². The number of anilines is 1. The highest BCUT2D eigenvalue weighted by Crippen LogP contribution is 2.48. The van der Waals surface area contributed by atoms with E-state index in [1.807, 2.05) is 12.1 Å². The molecule has 25 heavy (non-hydrogen) atoms. The van der Waals surface area contributed by atoms with E-state index >= 15 is 0 Å². The first-order valence-corrected chi connectivity index (χ1v) is 8.56. The van der Waals surface area contributed by atoms with E-state index in [-0.39, 0.29) is 17.6 Å². The Morgan fingerprint density at radius 2 is 2.08 bits per heavy atom. The maximum Gasteiger partial charge on any atom is 0.255 e. The first kappa shape index (κ1) is 14.9. The molecule has 0 saturated heterocycles. The van der Waals surface area contributed by atoms with Gasteiger partial charge in [-0.3, -0.25) is 10.1 Å². The number of aromatic amines is 1. The fourth-order valence-corrected chi connectivity index (χ4v) is 4.36. The Morgan fingerprint density at radius 1 is 1.24 bits per heavy atom. The minimum absolute atomic E-state index is 0.146. The van der Waals surface area contributed by atoms with Crippen molar-refractivity contribution < 1.29 is 9.18 Å². The molecule has 2 aliphatic heterocycles. The van der Waals surface area contributed by atoms with Crippen molar-refractivity contribution in [3.63, 3.8) is 0 Å². The molecule has 2 aromatic carbocycles. The number of carbonyl (C=O) groups excluding carboxylic acids is 1. The molecule has 1 spiro atoms. The van der Waals surface area contributed by atoms with Gasteiger partial charge in [0.05, 0.1) is 5.69 Å². The predicted octanol–water partition coefficient (Wildman–Crippen LogP) is 3.86. The lowest BCUT2D eigenvalue weighted by atomic mass is 9.79. The Bertz CT molecular complexity index is 1060. The molecule has 6 heteroatoms. The molecule has 1 aromatic heterocycles. The van der Waals surface area contributed by atoms with Gasteiger partial charge in [0.25, 0.3) is 5.91 Å². The van der Waals surface area contributed by atoms with Gasteiger partial charge in [0.1, 0.15) is 5.82 Å². The van der Waals surface area contributed by atoms with Crippen LogP contribution >= 0.6 is 11.6 Å². The van der Waals surface area contributed by atoms with Gasteiger partial charge in [0, 0.05) is 33.7 Å². The van der Waals surface area contributed by atoms with Crippen LogP contribution in [0.25, 0.3) is 10.9 Å². The third-order valence-corrected chi connectivity index (χ3v) is 5.55. The van der Waals surface area contributed by atoms with E-state index < -0.39 is 5.54 Å². The SMILES string of the molecule is CC1CNC2(C(=O)Nc3ccc(Cl)cc32)c2[nH]c3ccc(F)cc3c21. The van der Waals surface area contributed by atoms with Crippen molar-refractivity contribution in [3.8, 4) is 0 Å². The lowest BCUT2D eigenvalue weighted by molar-refractivity contribution is -0.120. The van der Waals surface area contributed by atoms with Gasteiger partial charge in [0.2, 0.25) is 0 Å². The number of amides is 1. The summed E-state index contributed by atoms with van der Waals surface area (Å²) in [6.45, 7) is 2.68. The minimum atomic E-state index is -1.03. The highest BCUT2D eigenvalue weighted by molar-refractivity contribution is 6.31. The van der Waals surface area contributed by atoms with Gasteiger partial charge in [-0.2, -0.15) is 0 Å². The normalized spacial score (nSPS) is 24.4. The van der Waals surface area contributed by atoms with Crippen LogP contribution in [0.4, 0.5) is 10.1 Å². The first-order valence-electron chi connectivity index (χ1n) is 8.19. The molecule has 0 saturated carbocycles. The second kappa shape index (κ2) is 4.84. The van der Waals surface area contributed by atoms with Crippen LogP contribution in [-0.4, -0.2) is 17.4 Å². The molecule has 0 aliphatic carbocycles. The van der Waals surface area contributed by atoms with Crippen LogP contribution in [0.15, 0.2) is 36.4 Å². The van der Waals surface area contributed by atoms with Gasteiger partial charge in [-0.05, 0) is 47.9 Å². The van der Waals surface area contributed by atoms with Crippen LogP contribution < -0.4 is 10.6 Å². The molecule has 2 unspecified atom stereocenters. The number of H-pyrrole nitrogens is 1. The second-order valence-electron chi connectivity index (χ2n) is 6.78. The molecule has 2 atom stereocenters. The van der Waals surface area contributed by atoms with Gasteiger partial charge in [-0.1, -0.05) is 18.5 Å². The Labute approximate surface area is 148 Å². The number of rotatable bonds is 0. The van der Waals surface area contributed by atoms with E-state index in [9.17, 15) is 9.18 Å². The third-order valence-electron chi connectivity index (χ3n) is 5.32. The van der Waals surface area contributed by atoms with Gasteiger partial charge in [0.15, 0.2) is 5.54 Å². The number of hydrogen-bond donors (Lipinski definition) is 3. The van der Waals surface area contributed by atoms with Crippen molar-refractivity contribution in [2.75, 3.05) is 11.9 Å². The molecule has 0 radical (unpaired) electrons. The van der Waals surface area contributed by atoms with Crippen LogP contribution in [0.2, 0.25) is 5.02 Å². The molecule has 2 aliphatic rings. The first-order chi connectivity index (χ1) is 12.0. The molecule has 0 fully saturated rings. The Kier molecular flexibility index (Phi) is 2.89. The Hall–Kier alpha value is -2.37. The fraction of sp³-hybridized carbons (Fsp3) is 0.211. The molecule has 5 rings (SSSR count). The summed E-state index contributed by atoms with van der Waals surface area (Å²) in [4.78, 5) is 16.4. The zero-order valence-electron chi connectivity index (χ0n) is 13.4. The van der Waals surface area contributed by atoms with E-state index in [1.165, 1.54) is 12.1 Å². The van der Waals surface area contributed by atoms with Gasteiger partial charge in [-0.15, -0.1) is 0 Å². The molecule has 4 nitrogen and oxygen atoms in total. The summed E-state index contributed by atoms with van der Waals surface area (Å²) in [6, 6.07) is 10.1. The van der Waals surface area contributed by atoms with Gasteiger partial charge >= 0.3 is 0 Å². The van der Waals surface area contributed by atoms with Crippen molar-refractivity contribution in [1.82, 2.24) is 10.3 Å². The van der Waals surface area contributed by atoms with Crippen LogP contribution in [0.3, 0.4) is 0 Å². The maximum absolute atomic E-state index is 13.8. The summed E-state index contributed by atoms with van der Waals surface area (Å²) in [5, 5.41) is 7.75. The highest BCUT2D eigenvalue weighted by atomic mass is 35.5. The molecule has 126 valence electrons. The highest BCUT2D eigenvalue weighted by Gasteiger charge is 2.53. The lowest BCUT2D eigenvalue weighted by Gasteiger charge is -2.36. The van der Waals surface area contributed by atoms with Crippen molar-refractivity contribution in [2.24, 2.45) is 0 Å². The van der Waals surface area contributed by atoms with E-state index in [4.69, 9.17) is 11.6 Å². The summed E-state index contributed by atoms with van der Waals surface area (Å²) in [5.41, 5.74) is 3.08. The molecule has 3 heterocycles. The van der Waals surface area contributed by atoms with Gasteiger partial charge in [-0.25, -0.2) is 4.39 Å². The van der Waals surface area contributed by atoms with E-state index in [0.29, 0.717) is 11.6 Å². The van der Waals surface area contributed by atoms with Crippen LogP contribution in [0.5, 0.6) is 0 Å². The average molecular weight is 356 g/mol. The standard InChI is InChI=1S/C19H15ClFN3O/c1-9-8-22-19(13-6-10(20)2-4-15(13)24-18(19)25)17-16(9)12-7-11(21)3-5-14(12)23-17/h2-7,9,22-23H,8H2,1H3,(H,24,25). The van der Waals surface area contributed by atoms with Crippen molar-refractivity contribution >= 4 is 34.1 Å². The number of fused-ring (bicyclic) bond motifs is 6. The molecular formula is C19H15ClFN3O. The van der Waals surface area contributed by atoms with Crippen molar-refractivity contribution in [3.05, 3.63) is 64.1 Å². The van der Waals surface area contributed by atoms with Crippen molar-refractivity contribution in [1.29, 1.82) is 0 Å². The topological polar surface area (TPSA) is 56.9 Å². The molecule has 0 bridgehead atoms. The number of benzene rings is 2. The van der Waals surface area contributed by atoms with E-state index in [2.05, 4.69) is 22.5 Å². The maximum atomic E-state index is 13.8. The number of nitrogens with one attached hydrogen (secondary N) is 3. The van der Waals surface area contributed by atoms with Crippen LogP contribution in [0.1, 0.15) is 29.7 Å². The summed E-state index contributed by atoms with van der Waals surface area (Å²) < 4.78 is 13.8. The molecule has 3 N–H and O–H groups in total. The van der Waals surface area contributed by atoms with Crippen LogP contribution in [-0.2, 0) is 10.3 Å². The summed E-state index contributed by atoms with van der Waals surface area (Å²) >= 11 is 6.20. The summed E-state index contributed by atoms with van der Waals surface area (Å²) in [6.07, 6.45) is 0.